The van der Waals surface area contributed by atoms with Crippen molar-refractivity contribution in [2.24, 2.45) is 0 Å². The van der Waals surface area contributed by atoms with Gasteiger partial charge < -0.3 is 0 Å². The Morgan fingerprint density at radius 1 is 0.313 bits per heavy atom. The first-order valence-corrected chi connectivity index (χ1v) is 43.3. The molecule has 2 fully saturated rings. The first-order chi connectivity index (χ1) is 48.3. The first kappa shape index (κ1) is 62.4. The minimum absolute atomic E-state index is 0.0589. The number of furan rings is 4. The van der Waals surface area contributed by atoms with E-state index in [0.717, 1.165) is 46.1 Å². The molecule has 12 aromatic rings. The molecule has 2 saturated heterocycles. The third kappa shape index (κ3) is 9.93. The van der Waals surface area contributed by atoms with Crippen LogP contribution >= 0.6 is 0 Å². The van der Waals surface area contributed by atoms with Gasteiger partial charge in [-0.05, 0) is 0 Å². The second kappa shape index (κ2) is 24.5. The van der Waals surface area contributed by atoms with Crippen LogP contribution < -0.4 is 10.4 Å². The molecule has 486 valence electrons. The van der Waals surface area contributed by atoms with Crippen LogP contribution in [0, 0.1) is 69.2 Å². The SMILES string of the molecule is Cc1ccc(C2=Cc3c(ccc(C)c3-c3ccccc3)C2C2=C(c3ccc(C)o3)[CH]([Zr][CH]3C(c4ccc(C)o4)=C(C4C(c5ccc(C)o5)=Cc5c4ccc(C)c5-c4ccccc4)c4c(-c5ccccc5)c(C)c(C)c([SiH]5CCC5)c43)c3c2c(-c2ccccc2)c(C)c(C)c3[SiH]2CCC2)o1. The summed E-state index contributed by atoms with van der Waals surface area (Å²) in [5, 5.41) is 3.45. The molecule has 0 radical (unpaired) electrons. The Morgan fingerprint density at radius 2 is 0.636 bits per heavy atom. The van der Waals surface area contributed by atoms with Gasteiger partial charge in [0, 0.05) is 0 Å². The summed E-state index contributed by atoms with van der Waals surface area (Å²) in [5.74, 6) is 7.16. The molecule has 4 atom stereocenters. The zero-order valence-corrected chi connectivity index (χ0v) is 63.2. The van der Waals surface area contributed by atoms with Gasteiger partial charge in [0.25, 0.3) is 0 Å². The molecule has 6 heterocycles. The minimum atomic E-state index is -2.07. The van der Waals surface area contributed by atoms with Crippen molar-refractivity contribution in [2.45, 2.75) is 125 Å². The van der Waals surface area contributed by atoms with Crippen LogP contribution in [-0.2, 0) is 23.2 Å². The Bertz CT molecular complexity index is 5090. The van der Waals surface area contributed by atoms with E-state index in [1.807, 2.05) is 0 Å². The quantitative estimate of drug-likeness (QED) is 0.102. The van der Waals surface area contributed by atoms with Gasteiger partial charge in [0.15, 0.2) is 0 Å². The van der Waals surface area contributed by atoms with E-state index < -0.39 is 40.8 Å². The molecule has 0 N–H and O–H groups in total. The molecule has 0 amide bonds. The zero-order chi connectivity index (χ0) is 67.2. The number of hydrogen-bond donors (Lipinski definition) is 0. The average molecular weight is 1400 g/mol. The van der Waals surface area contributed by atoms with Gasteiger partial charge in [0.2, 0.25) is 0 Å². The number of allylic oxidation sites excluding steroid dienone is 6. The molecule has 0 bridgehead atoms. The van der Waals surface area contributed by atoms with E-state index >= 15 is 0 Å². The number of aryl methyl sites for hydroxylation is 6. The van der Waals surface area contributed by atoms with E-state index in [9.17, 15) is 0 Å². The Labute approximate surface area is 597 Å². The van der Waals surface area contributed by atoms with Crippen LogP contribution in [0.25, 0.3) is 90.1 Å². The summed E-state index contributed by atoms with van der Waals surface area (Å²) in [5.41, 5.74) is 38.0. The molecular weight excluding hydrogens is 1320 g/mol. The van der Waals surface area contributed by atoms with Crippen molar-refractivity contribution in [3.05, 3.63) is 318 Å². The van der Waals surface area contributed by atoms with Crippen LogP contribution in [0.5, 0.6) is 0 Å². The Morgan fingerprint density at radius 3 is 0.939 bits per heavy atom. The molecule has 6 aliphatic rings. The molecule has 4 nitrogen and oxygen atoms in total. The summed E-state index contributed by atoms with van der Waals surface area (Å²) < 4.78 is 29.3. The van der Waals surface area contributed by atoms with Gasteiger partial charge in [-0.1, -0.05) is 0 Å². The van der Waals surface area contributed by atoms with Crippen LogP contribution in [0.1, 0.15) is 156 Å². The van der Waals surface area contributed by atoms with Crippen LogP contribution in [0.15, 0.2) is 212 Å². The van der Waals surface area contributed by atoms with Gasteiger partial charge in [-0.25, -0.2) is 0 Å². The Balaban J connectivity index is 1.01. The van der Waals surface area contributed by atoms with E-state index in [4.69, 9.17) is 17.7 Å². The number of rotatable bonds is 14. The first-order valence-electron chi connectivity index (χ1n) is 36.1. The van der Waals surface area contributed by atoms with Crippen LogP contribution in [0.4, 0.5) is 0 Å². The fourth-order valence-corrected chi connectivity index (χ4v) is 30.8. The van der Waals surface area contributed by atoms with Crippen molar-refractivity contribution in [1.82, 2.24) is 0 Å². The summed E-state index contributed by atoms with van der Waals surface area (Å²) in [4.78, 5) is 0. The molecule has 0 spiro atoms. The molecule has 4 unspecified atom stereocenters. The van der Waals surface area contributed by atoms with Gasteiger partial charge in [-0.15, -0.1) is 0 Å². The van der Waals surface area contributed by atoms with Crippen LogP contribution in [0.2, 0.25) is 24.2 Å². The molecule has 99 heavy (non-hydrogen) atoms. The van der Waals surface area contributed by atoms with Crippen LogP contribution in [-0.4, -0.2) is 17.6 Å². The van der Waals surface area contributed by atoms with E-state index in [1.54, 1.807) is 21.5 Å². The van der Waals surface area contributed by atoms with Gasteiger partial charge in [0.05, 0.1) is 0 Å². The Hall–Kier alpha value is -8.84. The fourth-order valence-electron chi connectivity index (χ4n) is 18.6. The summed E-state index contributed by atoms with van der Waals surface area (Å²) in [6.07, 6.45) is 7.65. The van der Waals surface area contributed by atoms with E-state index in [-0.39, 0.29) is 19.1 Å². The summed E-state index contributed by atoms with van der Waals surface area (Å²) in [6, 6.07) is 78.5. The third-order valence-corrected chi connectivity index (χ3v) is 35.7. The number of fused-ring (bicyclic) bond motifs is 4. The van der Waals surface area contributed by atoms with E-state index in [0.29, 0.717) is 0 Å². The van der Waals surface area contributed by atoms with Gasteiger partial charge in [-0.2, -0.15) is 0 Å². The van der Waals surface area contributed by atoms with E-state index in [1.165, 1.54) is 182 Å². The second-order valence-electron chi connectivity index (χ2n) is 29.3. The topological polar surface area (TPSA) is 52.6 Å². The molecule has 2 aliphatic heterocycles. The molecule has 18 rings (SSSR count). The number of hydrogen-bond acceptors (Lipinski definition) is 4. The van der Waals surface area contributed by atoms with Crippen molar-refractivity contribution >= 4 is 73.6 Å². The molecular formula is C92H82O4Si2Zr. The van der Waals surface area contributed by atoms with Crippen molar-refractivity contribution in [3.8, 4) is 44.5 Å². The molecule has 7 heteroatoms. The standard InChI is InChI=1S/2C46H41O2Si.Zr/c2*1-27-17-20-34-35(41(27)32-13-8-6-9-14-32)25-36(39-21-18-28(2)47-39)43(34)44-37(40-22-19-29(3)48-40)26-38-45(44)42(33-15-10-7-11-16-33)30(4)31(5)46(38)49-23-12-24-49;/h2*6-11,13-22,25-26,43,49H,12,23-24H2,1-5H3;. The molecule has 0 saturated carbocycles. The van der Waals surface area contributed by atoms with Crippen LogP contribution in [0.3, 0.4) is 0 Å². The summed E-state index contributed by atoms with van der Waals surface area (Å²) in [7, 11) is -3.04. The molecule has 4 aromatic heterocycles. The zero-order valence-electron chi connectivity index (χ0n) is 58.5. The summed E-state index contributed by atoms with van der Waals surface area (Å²) >= 11 is -2.07. The average Bonchev–Trinajstić information content (AvgIpc) is 1.41. The number of benzene rings is 8. The predicted octanol–water partition coefficient (Wildman–Crippen LogP) is 22.9. The molecule has 8 aromatic carbocycles. The summed E-state index contributed by atoms with van der Waals surface area (Å²) in [6.45, 7) is 23.1. The fraction of sp³-hybridized carbons (Fsp3) is 0.217. The second-order valence-corrected chi connectivity index (χ2v) is 39.2. The monoisotopic (exact) mass is 1400 g/mol. The third-order valence-electron chi connectivity index (χ3n) is 23.6. The maximum atomic E-state index is 7.52. The Kier molecular flexibility index (Phi) is 15.4. The van der Waals surface area contributed by atoms with Crippen molar-refractivity contribution < 1.29 is 40.9 Å². The predicted molar refractivity (Wildman–Crippen MR) is 412 cm³/mol. The normalized spacial score (nSPS) is 18.5. The van der Waals surface area contributed by atoms with E-state index in [2.05, 4.69) is 276 Å². The van der Waals surface area contributed by atoms with Crippen molar-refractivity contribution in [1.29, 1.82) is 0 Å². The maximum absolute atomic E-state index is 7.52. The molecule has 4 aliphatic carbocycles. The van der Waals surface area contributed by atoms with Gasteiger partial charge in [0.1, 0.15) is 0 Å². The van der Waals surface area contributed by atoms with Crippen molar-refractivity contribution in [3.63, 3.8) is 0 Å². The van der Waals surface area contributed by atoms with Gasteiger partial charge in [-0.3, -0.25) is 0 Å². The van der Waals surface area contributed by atoms with Gasteiger partial charge >= 0.3 is 602 Å². The van der Waals surface area contributed by atoms with Crippen molar-refractivity contribution in [2.75, 3.05) is 0 Å².